The smallest absolute Gasteiger partial charge is 0.290 e. The second-order valence-electron chi connectivity index (χ2n) is 10.4. The number of hydrogen-bond acceptors (Lipinski definition) is 7. The van der Waals surface area contributed by atoms with Crippen molar-refractivity contribution in [3.05, 3.63) is 77.1 Å². The molecular formula is C32H40N2O6. The molecule has 0 saturated carbocycles. The minimum absolute atomic E-state index is 0.0649. The Kier molecular flexibility index (Phi) is 10.4. The van der Waals surface area contributed by atoms with Crippen molar-refractivity contribution >= 4 is 17.8 Å². The number of amides is 1. The summed E-state index contributed by atoms with van der Waals surface area (Å²) >= 11 is 0. The Morgan fingerprint density at radius 1 is 1.07 bits per heavy atom. The Hall–Kier alpha value is -3.62. The molecule has 1 atom stereocenters. The molecule has 0 radical (unpaired) electrons. The third kappa shape index (κ3) is 7.31. The molecule has 0 spiro atoms. The van der Waals surface area contributed by atoms with Crippen LogP contribution >= 0.6 is 0 Å². The Bertz CT molecular complexity index is 1220. The highest BCUT2D eigenvalue weighted by atomic mass is 16.5. The van der Waals surface area contributed by atoms with E-state index in [4.69, 9.17) is 14.2 Å². The number of benzene rings is 2. The predicted molar refractivity (Wildman–Crippen MR) is 154 cm³/mol. The van der Waals surface area contributed by atoms with Crippen LogP contribution in [-0.4, -0.2) is 79.2 Å². The molecule has 0 bridgehead atoms. The van der Waals surface area contributed by atoms with Crippen molar-refractivity contribution in [1.29, 1.82) is 0 Å². The molecule has 1 fully saturated rings. The van der Waals surface area contributed by atoms with Crippen molar-refractivity contribution in [2.75, 3.05) is 52.6 Å². The van der Waals surface area contributed by atoms with Crippen molar-refractivity contribution in [3.63, 3.8) is 0 Å². The van der Waals surface area contributed by atoms with Gasteiger partial charge in [-0.2, -0.15) is 0 Å². The van der Waals surface area contributed by atoms with Crippen molar-refractivity contribution in [1.82, 2.24) is 9.80 Å². The molecule has 0 aromatic heterocycles. The van der Waals surface area contributed by atoms with E-state index < -0.39 is 23.5 Å². The lowest BCUT2D eigenvalue weighted by molar-refractivity contribution is -0.129. The van der Waals surface area contributed by atoms with E-state index in [1.54, 1.807) is 11.0 Å². The van der Waals surface area contributed by atoms with Crippen LogP contribution in [0.5, 0.6) is 11.5 Å². The maximum Gasteiger partial charge on any atom is 0.290 e. The highest BCUT2D eigenvalue weighted by molar-refractivity contribution is 6.14. The first-order valence-electron chi connectivity index (χ1n) is 14.1. The molecule has 0 aliphatic carbocycles. The van der Waals surface area contributed by atoms with E-state index in [1.165, 1.54) is 6.08 Å². The van der Waals surface area contributed by atoms with Crippen LogP contribution in [0.1, 0.15) is 44.4 Å². The maximum absolute atomic E-state index is 13.5. The maximum atomic E-state index is 13.5. The van der Waals surface area contributed by atoms with Crippen LogP contribution < -0.4 is 9.47 Å². The second kappa shape index (κ2) is 14.1. The Balaban J connectivity index is 1.66. The summed E-state index contributed by atoms with van der Waals surface area (Å²) in [6.07, 6.45) is 4.01. The van der Waals surface area contributed by atoms with Gasteiger partial charge in [-0.3, -0.25) is 14.5 Å². The minimum atomic E-state index is -0.759. The molecule has 2 aliphatic heterocycles. The standard InChI is InChI=1S/C32H40N2O6/c1-4-39-28-22-25(11-13-27(28)40-19-14-23(2)3)30-29(26(35)12-10-24-8-6-5-7-9-24)31(36)32(37)34(30)16-15-33-17-20-38-21-18-33/h5-13,22-23,30,36H,4,14-21H2,1-3H3. The van der Waals surface area contributed by atoms with Crippen LogP contribution in [-0.2, 0) is 14.3 Å². The zero-order valence-corrected chi connectivity index (χ0v) is 23.7. The summed E-state index contributed by atoms with van der Waals surface area (Å²) in [5, 5.41) is 11.0. The summed E-state index contributed by atoms with van der Waals surface area (Å²) in [5.41, 5.74) is 1.59. The van der Waals surface area contributed by atoms with Gasteiger partial charge >= 0.3 is 0 Å². The summed E-state index contributed by atoms with van der Waals surface area (Å²) < 4.78 is 17.4. The molecular weight excluding hydrogens is 508 g/mol. The SMILES string of the molecule is CCOc1cc(C2C(C(=O)C=Cc3ccccc3)=C(O)C(=O)N2CCN2CCOCC2)ccc1OCCC(C)C. The van der Waals surface area contributed by atoms with Gasteiger partial charge in [0.25, 0.3) is 5.91 Å². The van der Waals surface area contributed by atoms with Crippen molar-refractivity contribution in [2.24, 2.45) is 5.92 Å². The van der Waals surface area contributed by atoms with Gasteiger partial charge in [0.2, 0.25) is 0 Å². The van der Waals surface area contributed by atoms with Gasteiger partial charge < -0.3 is 24.2 Å². The highest BCUT2D eigenvalue weighted by Crippen LogP contribution is 2.41. The lowest BCUT2D eigenvalue weighted by atomic mass is 9.95. The third-order valence-corrected chi connectivity index (χ3v) is 7.09. The summed E-state index contributed by atoms with van der Waals surface area (Å²) in [7, 11) is 0. The van der Waals surface area contributed by atoms with Gasteiger partial charge in [0, 0.05) is 26.2 Å². The van der Waals surface area contributed by atoms with Crippen LogP contribution in [0, 0.1) is 5.92 Å². The van der Waals surface area contributed by atoms with E-state index >= 15 is 0 Å². The minimum Gasteiger partial charge on any atom is -0.503 e. The van der Waals surface area contributed by atoms with Crippen molar-refractivity contribution in [2.45, 2.75) is 33.2 Å². The Labute approximate surface area is 236 Å². The number of ketones is 1. The van der Waals surface area contributed by atoms with E-state index in [0.717, 1.165) is 25.1 Å². The first-order valence-corrected chi connectivity index (χ1v) is 14.1. The van der Waals surface area contributed by atoms with Gasteiger partial charge in [-0.05, 0) is 48.6 Å². The third-order valence-electron chi connectivity index (χ3n) is 7.09. The normalized spacial score (nSPS) is 18.2. The first kappa shape index (κ1) is 29.4. The molecule has 1 unspecified atom stereocenters. The van der Waals surface area contributed by atoms with Crippen LogP contribution in [0.3, 0.4) is 0 Å². The zero-order valence-electron chi connectivity index (χ0n) is 23.7. The number of hydrogen-bond donors (Lipinski definition) is 1. The van der Waals surface area contributed by atoms with Crippen LogP contribution in [0.2, 0.25) is 0 Å². The number of carbonyl (C=O) groups is 2. The Morgan fingerprint density at radius 2 is 1.82 bits per heavy atom. The van der Waals surface area contributed by atoms with E-state index in [9.17, 15) is 14.7 Å². The number of allylic oxidation sites excluding steroid dienone is 1. The van der Waals surface area contributed by atoms with E-state index in [0.29, 0.717) is 62.5 Å². The molecule has 1 amide bonds. The van der Waals surface area contributed by atoms with Crippen molar-refractivity contribution in [3.8, 4) is 11.5 Å². The monoisotopic (exact) mass is 548 g/mol. The average Bonchev–Trinajstić information content (AvgIpc) is 3.21. The molecule has 8 nitrogen and oxygen atoms in total. The van der Waals surface area contributed by atoms with E-state index in [-0.39, 0.29) is 5.57 Å². The molecule has 2 aromatic rings. The summed E-state index contributed by atoms with van der Waals surface area (Å²) in [5.74, 6) is 0.187. The van der Waals surface area contributed by atoms with Gasteiger partial charge in [-0.15, -0.1) is 0 Å². The number of ether oxygens (including phenoxy) is 3. The first-order chi connectivity index (χ1) is 19.4. The van der Waals surface area contributed by atoms with Crippen LogP contribution in [0.25, 0.3) is 6.08 Å². The molecule has 8 heteroatoms. The largest absolute Gasteiger partial charge is 0.503 e. The molecule has 1 saturated heterocycles. The second-order valence-corrected chi connectivity index (χ2v) is 10.4. The van der Waals surface area contributed by atoms with Gasteiger partial charge in [-0.25, -0.2) is 0 Å². The number of aliphatic hydroxyl groups excluding tert-OH is 1. The molecule has 4 rings (SSSR count). The Morgan fingerprint density at radius 3 is 2.52 bits per heavy atom. The molecule has 2 aromatic carbocycles. The van der Waals surface area contributed by atoms with Gasteiger partial charge in [0.15, 0.2) is 23.0 Å². The quantitative estimate of drug-likeness (QED) is 0.359. The predicted octanol–water partition coefficient (Wildman–Crippen LogP) is 4.82. The molecule has 40 heavy (non-hydrogen) atoms. The van der Waals surface area contributed by atoms with Gasteiger partial charge in [-0.1, -0.05) is 56.3 Å². The summed E-state index contributed by atoms with van der Waals surface area (Å²) in [6, 6.07) is 14.2. The number of nitrogens with zero attached hydrogens (tertiary/aromatic N) is 2. The van der Waals surface area contributed by atoms with E-state index in [2.05, 4.69) is 18.7 Å². The lowest BCUT2D eigenvalue weighted by Crippen LogP contribution is -2.43. The van der Waals surface area contributed by atoms with Gasteiger partial charge in [0.05, 0.1) is 38.0 Å². The summed E-state index contributed by atoms with van der Waals surface area (Å²) in [6.45, 7) is 11.0. The fourth-order valence-electron chi connectivity index (χ4n) is 4.87. The van der Waals surface area contributed by atoms with Crippen molar-refractivity contribution < 1.29 is 28.9 Å². The molecule has 2 aliphatic rings. The number of carbonyl (C=O) groups excluding carboxylic acids is 2. The highest BCUT2D eigenvalue weighted by Gasteiger charge is 2.43. The number of rotatable bonds is 13. The van der Waals surface area contributed by atoms with Crippen LogP contribution in [0.15, 0.2) is 65.9 Å². The van der Waals surface area contributed by atoms with Gasteiger partial charge in [0.1, 0.15) is 0 Å². The average molecular weight is 549 g/mol. The fraction of sp³-hybridized carbons (Fsp3) is 0.438. The number of aliphatic hydroxyl groups is 1. The van der Waals surface area contributed by atoms with E-state index in [1.807, 2.05) is 55.5 Å². The molecule has 2 heterocycles. The summed E-state index contributed by atoms with van der Waals surface area (Å²) in [4.78, 5) is 30.7. The molecule has 214 valence electrons. The van der Waals surface area contributed by atoms with Crippen LogP contribution in [0.4, 0.5) is 0 Å². The lowest BCUT2D eigenvalue weighted by Gasteiger charge is -2.31. The fourth-order valence-corrected chi connectivity index (χ4v) is 4.87. The number of morpholine rings is 1. The molecule has 1 N–H and O–H groups in total. The topological polar surface area (TPSA) is 88.5 Å². The zero-order chi connectivity index (χ0) is 28.5.